The lowest BCUT2D eigenvalue weighted by atomic mass is 9.98. The Morgan fingerprint density at radius 2 is 1.70 bits per heavy atom. The van der Waals surface area contributed by atoms with Crippen LogP contribution in [0.15, 0.2) is 0 Å². The molecule has 0 saturated carbocycles. The van der Waals surface area contributed by atoms with Gasteiger partial charge in [-0.1, -0.05) is 13.8 Å². The highest BCUT2D eigenvalue weighted by molar-refractivity contribution is 4.77. The fraction of sp³-hybridized carbons (Fsp3) is 1.00. The Balaban J connectivity index is 4.09. The molecule has 10 heavy (non-hydrogen) atoms. The van der Waals surface area contributed by atoms with E-state index in [-0.39, 0.29) is 0 Å². The summed E-state index contributed by atoms with van der Waals surface area (Å²) in [5, 5.41) is 35.2. The summed E-state index contributed by atoms with van der Waals surface area (Å²) in [6.45, 7) is 2.43. The van der Waals surface area contributed by atoms with E-state index in [0.29, 0.717) is 0 Å². The van der Waals surface area contributed by atoms with Gasteiger partial charge in [0.05, 0.1) is 6.61 Å². The Hall–Kier alpha value is -0.160. The SMILES string of the molecule is CC(C)C(O)(O)C(O)CO. The first-order valence-corrected chi connectivity index (χ1v) is 3.16. The summed E-state index contributed by atoms with van der Waals surface area (Å²) in [6.07, 6.45) is -1.49. The second-order valence-electron chi connectivity index (χ2n) is 2.64. The summed E-state index contributed by atoms with van der Waals surface area (Å²) in [6, 6.07) is 0. The Kier molecular flexibility index (Phi) is 3.24. The predicted octanol–water partition coefficient (Wildman–Crippen LogP) is -1.32. The maximum Gasteiger partial charge on any atom is 0.194 e. The third kappa shape index (κ3) is 1.91. The lowest BCUT2D eigenvalue weighted by molar-refractivity contribution is -0.257. The van der Waals surface area contributed by atoms with Gasteiger partial charge in [0, 0.05) is 5.92 Å². The van der Waals surface area contributed by atoms with Crippen molar-refractivity contribution in [2.75, 3.05) is 6.61 Å². The van der Waals surface area contributed by atoms with Crippen LogP contribution in [0.1, 0.15) is 13.8 Å². The van der Waals surface area contributed by atoms with E-state index in [4.69, 9.17) is 20.4 Å². The number of aliphatic hydroxyl groups excluding tert-OH is 2. The molecule has 1 unspecified atom stereocenters. The maximum absolute atomic E-state index is 9.01. The zero-order valence-electron chi connectivity index (χ0n) is 6.15. The highest BCUT2D eigenvalue weighted by atomic mass is 16.5. The first kappa shape index (κ1) is 9.84. The average Bonchev–Trinajstić information content (AvgIpc) is 1.86. The lowest BCUT2D eigenvalue weighted by Crippen LogP contribution is -2.48. The molecule has 4 N–H and O–H groups in total. The lowest BCUT2D eigenvalue weighted by Gasteiger charge is -2.29. The molecule has 0 aliphatic carbocycles. The van der Waals surface area contributed by atoms with E-state index >= 15 is 0 Å². The minimum absolute atomic E-state index is 0.505. The van der Waals surface area contributed by atoms with Crippen LogP contribution in [0.25, 0.3) is 0 Å². The zero-order chi connectivity index (χ0) is 8.36. The summed E-state index contributed by atoms with van der Waals surface area (Å²) in [7, 11) is 0. The molecule has 0 aromatic rings. The third-order valence-corrected chi connectivity index (χ3v) is 1.51. The molecule has 0 bridgehead atoms. The van der Waals surface area contributed by atoms with Crippen molar-refractivity contribution >= 4 is 0 Å². The standard InChI is InChI=1S/C6H14O4/c1-4(2)6(9,10)5(8)3-7/h4-5,7-10H,3H2,1-2H3. The van der Waals surface area contributed by atoms with Crippen molar-refractivity contribution in [2.24, 2.45) is 5.92 Å². The van der Waals surface area contributed by atoms with Crippen molar-refractivity contribution in [3.05, 3.63) is 0 Å². The van der Waals surface area contributed by atoms with Crippen LogP contribution in [0.4, 0.5) is 0 Å². The van der Waals surface area contributed by atoms with Gasteiger partial charge in [0.25, 0.3) is 0 Å². The Morgan fingerprint density at radius 3 is 1.80 bits per heavy atom. The number of aliphatic hydroxyl groups is 4. The highest BCUT2D eigenvalue weighted by Gasteiger charge is 2.35. The van der Waals surface area contributed by atoms with Crippen LogP contribution in [0.3, 0.4) is 0 Å². The molecule has 0 aromatic carbocycles. The van der Waals surface area contributed by atoms with Crippen LogP contribution < -0.4 is 0 Å². The molecular formula is C6H14O4. The van der Waals surface area contributed by atoms with E-state index in [1.165, 1.54) is 0 Å². The highest BCUT2D eigenvalue weighted by Crippen LogP contribution is 2.16. The van der Waals surface area contributed by atoms with Gasteiger partial charge in [-0.2, -0.15) is 0 Å². The van der Waals surface area contributed by atoms with E-state index in [2.05, 4.69) is 0 Å². The normalized spacial score (nSPS) is 15.9. The Morgan fingerprint density at radius 1 is 1.30 bits per heavy atom. The van der Waals surface area contributed by atoms with Gasteiger partial charge in [0.2, 0.25) is 0 Å². The predicted molar refractivity (Wildman–Crippen MR) is 35.1 cm³/mol. The fourth-order valence-corrected chi connectivity index (χ4v) is 0.519. The van der Waals surface area contributed by atoms with E-state index in [9.17, 15) is 0 Å². The molecule has 0 fully saturated rings. The van der Waals surface area contributed by atoms with Gasteiger partial charge in [-0.3, -0.25) is 0 Å². The van der Waals surface area contributed by atoms with Gasteiger partial charge < -0.3 is 20.4 Å². The molecular weight excluding hydrogens is 136 g/mol. The molecule has 0 aliphatic rings. The molecule has 0 spiro atoms. The van der Waals surface area contributed by atoms with Crippen molar-refractivity contribution in [2.45, 2.75) is 25.7 Å². The van der Waals surface area contributed by atoms with E-state index in [1.54, 1.807) is 13.8 Å². The number of hydrogen-bond donors (Lipinski definition) is 4. The zero-order valence-corrected chi connectivity index (χ0v) is 6.15. The van der Waals surface area contributed by atoms with Gasteiger partial charge >= 0.3 is 0 Å². The summed E-state index contributed by atoms with van der Waals surface area (Å²) in [4.78, 5) is 0. The van der Waals surface area contributed by atoms with Gasteiger partial charge in [0.1, 0.15) is 6.10 Å². The minimum Gasteiger partial charge on any atom is -0.393 e. The second-order valence-corrected chi connectivity index (χ2v) is 2.64. The first-order chi connectivity index (χ1) is 4.42. The summed E-state index contributed by atoms with van der Waals surface area (Å²) >= 11 is 0. The van der Waals surface area contributed by atoms with Crippen LogP contribution in [0.5, 0.6) is 0 Å². The molecule has 62 valence electrons. The molecule has 0 rings (SSSR count). The quantitative estimate of drug-likeness (QED) is 0.376. The van der Waals surface area contributed by atoms with Crippen LogP contribution in [0.2, 0.25) is 0 Å². The summed E-state index contributed by atoms with van der Waals surface area (Å²) in [5.41, 5.74) is 0. The van der Waals surface area contributed by atoms with Crippen molar-refractivity contribution in [1.29, 1.82) is 0 Å². The van der Waals surface area contributed by atoms with Crippen molar-refractivity contribution < 1.29 is 20.4 Å². The molecule has 4 nitrogen and oxygen atoms in total. The molecule has 4 heteroatoms. The van der Waals surface area contributed by atoms with Gasteiger partial charge in [0.15, 0.2) is 5.79 Å². The second kappa shape index (κ2) is 3.30. The van der Waals surface area contributed by atoms with Crippen LogP contribution in [-0.2, 0) is 0 Å². The third-order valence-electron chi connectivity index (χ3n) is 1.51. The van der Waals surface area contributed by atoms with E-state index < -0.39 is 24.4 Å². The number of rotatable bonds is 3. The van der Waals surface area contributed by atoms with Crippen LogP contribution in [-0.4, -0.2) is 38.9 Å². The van der Waals surface area contributed by atoms with Crippen molar-refractivity contribution in [3.8, 4) is 0 Å². The van der Waals surface area contributed by atoms with E-state index in [1.807, 2.05) is 0 Å². The molecule has 0 aliphatic heterocycles. The van der Waals surface area contributed by atoms with Crippen LogP contribution >= 0.6 is 0 Å². The molecule has 0 aromatic heterocycles. The van der Waals surface area contributed by atoms with Crippen LogP contribution in [0, 0.1) is 5.92 Å². The van der Waals surface area contributed by atoms with Crippen molar-refractivity contribution in [3.63, 3.8) is 0 Å². The van der Waals surface area contributed by atoms with Gasteiger partial charge in [-0.05, 0) is 0 Å². The molecule has 0 amide bonds. The molecule has 0 radical (unpaired) electrons. The first-order valence-electron chi connectivity index (χ1n) is 3.16. The molecule has 0 heterocycles. The topological polar surface area (TPSA) is 80.9 Å². The molecule has 1 atom stereocenters. The maximum atomic E-state index is 9.01. The Bertz CT molecular complexity index is 99.9. The summed E-state index contributed by atoms with van der Waals surface area (Å²) in [5.74, 6) is -2.69. The van der Waals surface area contributed by atoms with Crippen molar-refractivity contribution in [1.82, 2.24) is 0 Å². The fourth-order valence-electron chi connectivity index (χ4n) is 0.519. The number of hydrogen-bond acceptors (Lipinski definition) is 4. The van der Waals surface area contributed by atoms with Gasteiger partial charge in [-0.15, -0.1) is 0 Å². The monoisotopic (exact) mass is 150 g/mol. The minimum atomic E-state index is -2.19. The summed E-state index contributed by atoms with van der Waals surface area (Å²) < 4.78 is 0. The Labute approximate surface area is 59.7 Å². The van der Waals surface area contributed by atoms with Gasteiger partial charge in [-0.25, -0.2) is 0 Å². The largest absolute Gasteiger partial charge is 0.393 e. The molecule has 0 saturated heterocycles. The average molecular weight is 150 g/mol. The van der Waals surface area contributed by atoms with E-state index in [0.717, 1.165) is 0 Å². The smallest absolute Gasteiger partial charge is 0.194 e.